The number of hydrogen-bond acceptors (Lipinski definition) is 21. The van der Waals surface area contributed by atoms with Crippen LogP contribution < -0.4 is 0 Å². The molecule has 4 saturated carbocycles. The SMILES string of the molecule is C[C@@H]1O[C@@H](O[C@@H]2[C@@H](O[C@H]3CC[C@@]4(C)[C@@H](CC[C@]5(C)[C@@H]4CC=C4[C@@H]6CC(C)(C)CC[C@]6(C(=O)O[C@@H]6O[C@H](CO)[C@@H](O)[C@H](O)[C@H]6O)CC[C@]45C)[C@]3(C)CO)OC[C@@H](O)[C@H]2O)[C@H](O)[C@H](O[C@@H]2OC[C@@H](O)[C@H](O)[C@H]2O)[C@H]1O. The number of carbonyl (C=O) groups is 1. The van der Waals surface area contributed by atoms with Crippen molar-refractivity contribution in [2.24, 2.45) is 50.2 Å². The third-order valence-corrected chi connectivity index (χ3v) is 20.7. The van der Waals surface area contributed by atoms with Gasteiger partial charge in [-0.2, -0.15) is 0 Å². The molecule has 0 bridgehead atoms. The van der Waals surface area contributed by atoms with Gasteiger partial charge in [-0.3, -0.25) is 4.79 Å². The van der Waals surface area contributed by atoms with E-state index in [1.165, 1.54) is 12.5 Å². The first-order valence-electron chi connectivity index (χ1n) is 26.7. The van der Waals surface area contributed by atoms with E-state index in [0.29, 0.717) is 32.1 Å². The topological polar surface area (TPSA) is 334 Å². The Morgan fingerprint density at radius 3 is 1.96 bits per heavy atom. The first kappa shape index (κ1) is 56.2. The highest BCUT2D eigenvalue weighted by molar-refractivity contribution is 5.79. The summed E-state index contributed by atoms with van der Waals surface area (Å²) in [6.07, 6.45) is -18.7. The fourth-order valence-corrected chi connectivity index (χ4v) is 15.9. The fraction of sp³-hybridized carbons (Fsp3) is 0.942. The van der Waals surface area contributed by atoms with E-state index < -0.39 is 140 Å². The lowest BCUT2D eigenvalue weighted by atomic mass is 9.33. The number of rotatable bonds is 10. The molecule has 0 aromatic heterocycles. The summed E-state index contributed by atoms with van der Waals surface area (Å²) < 4.78 is 47.8. The Labute approximate surface area is 426 Å². The number of carbonyl (C=O) groups excluding carboxylic acids is 1. The van der Waals surface area contributed by atoms with Crippen molar-refractivity contribution in [3.63, 3.8) is 0 Å². The van der Waals surface area contributed by atoms with Gasteiger partial charge in [-0.25, -0.2) is 0 Å². The number of allylic oxidation sites excluding steroid dienone is 2. The van der Waals surface area contributed by atoms with Crippen LogP contribution in [0.1, 0.15) is 113 Å². The predicted octanol–water partition coefficient (Wildman–Crippen LogP) is -0.757. The van der Waals surface area contributed by atoms with Crippen LogP contribution in [-0.2, 0) is 42.7 Å². The molecular weight excluding hydrogens is 961 g/mol. The maximum Gasteiger partial charge on any atom is 0.315 e. The molecule has 9 aliphatic rings. The highest BCUT2D eigenvalue weighted by atomic mass is 16.8. The van der Waals surface area contributed by atoms with Gasteiger partial charge < -0.3 is 99.2 Å². The van der Waals surface area contributed by atoms with E-state index in [0.717, 1.165) is 32.1 Å². The van der Waals surface area contributed by atoms with E-state index in [1.807, 2.05) is 6.92 Å². The summed E-state index contributed by atoms with van der Waals surface area (Å²) in [6, 6.07) is 0. The molecule has 0 aromatic carbocycles. The van der Waals surface area contributed by atoms with Crippen molar-refractivity contribution in [2.75, 3.05) is 26.4 Å². The maximum absolute atomic E-state index is 14.7. The number of aliphatic hydroxyl groups excluding tert-OH is 12. The van der Waals surface area contributed by atoms with Crippen LogP contribution in [0.2, 0.25) is 0 Å². The van der Waals surface area contributed by atoms with Crippen molar-refractivity contribution in [3.05, 3.63) is 11.6 Å². The molecular formula is C52H84O21. The number of hydrogen-bond donors (Lipinski definition) is 12. The van der Waals surface area contributed by atoms with Gasteiger partial charge in [0, 0.05) is 5.41 Å². The summed E-state index contributed by atoms with van der Waals surface area (Å²) in [5.41, 5.74) is -1.48. The molecule has 4 saturated heterocycles. The highest BCUT2D eigenvalue weighted by Crippen LogP contribution is 2.76. The van der Waals surface area contributed by atoms with Gasteiger partial charge in [-0.1, -0.05) is 53.2 Å². The Hall–Kier alpha value is -1.55. The van der Waals surface area contributed by atoms with Crippen molar-refractivity contribution in [1.29, 1.82) is 0 Å². The van der Waals surface area contributed by atoms with E-state index in [-0.39, 0.29) is 59.2 Å². The minimum absolute atomic E-state index is 0.0515. The van der Waals surface area contributed by atoms with Crippen LogP contribution in [0.5, 0.6) is 0 Å². The molecule has 21 nitrogen and oxygen atoms in total. The molecule has 5 aliphatic carbocycles. The first-order valence-corrected chi connectivity index (χ1v) is 26.7. The molecule has 9 rings (SSSR count). The quantitative estimate of drug-likeness (QED) is 0.0727. The van der Waals surface area contributed by atoms with Crippen LogP contribution >= 0.6 is 0 Å². The van der Waals surface area contributed by atoms with Crippen molar-refractivity contribution >= 4 is 5.97 Å². The zero-order valence-electron chi connectivity index (χ0n) is 43.2. The summed E-state index contributed by atoms with van der Waals surface area (Å²) in [6.45, 7) is 13.5. The standard InChI is InChI=1S/C52H84O21/c1-23-32(57)40(71-42-37(62)33(58)26(55)20-66-42)39(64)44(68-23)72-41-34(59)27(56)21-67-45(41)70-31-11-12-48(4)29(49(31,5)22-54)10-13-51(7)30(48)9-8-24-25-18-47(2,3)14-16-52(25,17-15-50(24,51)6)46(65)73-43-38(63)36(61)35(60)28(19-53)69-43/h8,23,25-45,53-64H,9-22H2,1-7H3/t23-,25-,26+,27+,28+,29+,30+,31-,32-,33-,34+,35+,36-,37+,38+,39+,40+,41-,42-,43-,44-,45+,48-,49-,50+,51+,52-/m0/s1. The van der Waals surface area contributed by atoms with Gasteiger partial charge in [0.05, 0.1) is 44.1 Å². The Balaban J connectivity index is 0.939. The molecule has 418 valence electrons. The van der Waals surface area contributed by atoms with Crippen molar-refractivity contribution < 1.29 is 104 Å². The number of esters is 1. The van der Waals surface area contributed by atoms with E-state index in [9.17, 15) is 66.1 Å². The van der Waals surface area contributed by atoms with Gasteiger partial charge in [0.1, 0.15) is 79.4 Å². The van der Waals surface area contributed by atoms with Crippen LogP contribution in [0.25, 0.3) is 0 Å². The van der Waals surface area contributed by atoms with Gasteiger partial charge >= 0.3 is 5.97 Å². The average Bonchev–Trinajstić information content (AvgIpc) is 3.35. The molecule has 0 radical (unpaired) electrons. The second-order valence-electron chi connectivity index (χ2n) is 25.2. The summed E-state index contributed by atoms with van der Waals surface area (Å²) in [4.78, 5) is 14.7. The molecule has 8 fully saturated rings. The highest BCUT2D eigenvalue weighted by Gasteiger charge is 2.71. The molecule has 12 N–H and O–H groups in total. The lowest BCUT2D eigenvalue weighted by molar-refractivity contribution is -0.379. The predicted molar refractivity (Wildman–Crippen MR) is 251 cm³/mol. The summed E-state index contributed by atoms with van der Waals surface area (Å²) in [7, 11) is 0. The largest absolute Gasteiger partial charge is 0.432 e. The van der Waals surface area contributed by atoms with Crippen LogP contribution in [0.15, 0.2) is 11.6 Å². The Morgan fingerprint density at radius 1 is 0.630 bits per heavy atom. The van der Waals surface area contributed by atoms with Crippen molar-refractivity contribution in [2.45, 2.75) is 229 Å². The van der Waals surface area contributed by atoms with Crippen LogP contribution in [0.3, 0.4) is 0 Å². The first-order chi connectivity index (χ1) is 34.2. The Kier molecular flexibility index (Phi) is 15.6. The minimum Gasteiger partial charge on any atom is -0.432 e. The second kappa shape index (κ2) is 20.3. The van der Waals surface area contributed by atoms with Crippen LogP contribution in [-0.4, -0.2) is 210 Å². The third kappa shape index (κ3) is 9.10. The normalized spacial score (nSPS) is 55.0. The van der Waals surface area contributed by atoms with Gasteiger partial charge in [0.25, 0.3) is 0 Å². The Morgan fingerprint density at radius 2 is 1.27 bits per heavy atom. The van der Waals surface area contributed by atoms with E-state index >= 15 is 0 Å². The summed E-state index contributed by atoms with van der Waals surface area (Å²) in [5, 5.41) is 129. The average molecular weight is 1050 g/mol. The van der Waals surface area contributed by atoms with Crippen LogP contribution in [0.4, 0.5) is 0 Å². The minimum atomic E-state index is -1.77. The zero-order valence-corrected chi connectivity index (χ0v) is 43.2. The zero-order chi connectivity index (χ0) is 53.1. The van der Waals surface area contributed by atoms with Crippen molar-refractivity contribution in [1.82, 2.24) is 0 Å². The monoisotopic (exact) mass is 1040 g/mol. The van der Waals surface area contributed by atoms with Gasteiger partial charge in [-0.15, -0.1) is 0 Å². The smallest absolute Gasteiger partial charge is 0.315 e. The van der Waals surface area contributed by atoms with Gasteiger partial charge in [0.2, 0.25) is 6.29 Å². The molecule has 0 aromatic rings. The van der Waals surface area contributed by atoms with Gasteiger partial charge in [0.15, 0.2) is 18.9 Å². The molecule has 4 aliphatic heterocycles. The van der Waals surface area contributed by atoms with Gasteiger partial charge in [-0.05, 0) is 111 Å². The molecule has 0 spiro atoms. The molecule has 0 unspecified atom stereocenters. The van der Waals surface area contributed by atoms with E-state index in [1.54, 1.807) is 0 Å². The molecule has 0 amide bonds. The number of ether oxygens (including phenoxy) is 8. The fourth-order valence-electron chi connectivity index (χ4n) is 15.9. The van der Waals surface area contributed by atoms with Crippen molar-refractivity contribution in [3.8, 4) is 0 Å². The maximum atomic E-state index is 14.7. The van der Waals surface area contributed by atoms with E-state index in [4.69, 9.17) is 37.9 Å². The summed E-state index contributed by atoms with van der Waals surface area (Å²) >= 11 is 0. The number of aliphatic hydroxyl groups is 12. The Bertz CT molecular complexity index is 2010. The second-order valence-corrected chi connectivity index (χ2v) is 25.2. The van der Waals surface area contributed by atoms with Crippen LogP contribution in [0, 0.1) is 50.2 Å². The molecule has 4 heterocycles. The molecule has 73 heavy (non-hydrogen) atoms. The summed E-state index contributed by atoms with van der Waals surface area (Å²) in [5.74, 6) is -0.587. The number of fused-ring (bicyclic) bond motifs is 7. The lowest BCUT2D eigenvalue weighted by Crippen LogP contribution is -2.67. The molecule has 21 heteroatoms. The lowest BCUT2D eigenvalue weighted by Gasteiger charge is -2.71. The van der Waals surface area contributed by atoms with E-state index in [2.05, 4.69) is 40.7 Å². The third-order valence-electron chi connectivity index (χ3n) is 20.7. The molecule has 27 atom stereocenters.